The summed E-state index contributed by atoms with van der Waals surface area (Å²) in [7, 11) is 1.28. The van der Waals surface area contributed by atoms with Gasteiger partial charge in [0.2, 0.25) is 0 Å². The smallest absolute Gasteiger partial charge is 0.343 e. The maximum Gasteiger partial charge on any atom is 0.343 e. The molecule has 0 radical (unpaired) electrons. The number of nitrogens with zero attached hydrogens (tertiary/aromatic N) is 4. The number of H-pyrrole nitrogens is 1. The number of carbonyl (C=O) groups is 2. The zero-order valence-electron chi connectivity index (χ0n) is 20.0. The number of ether oxygens (including phenoxy) is 2. The minimum Gasteiger partial charge on any atom is -0.486 e. The monoisotopic (exact) mass is 487 g/mol. The number of benzene rings is 1. The number of nitrogens with one attached hydrogen (secondary N) is 1. The van der Waals surface area contributed by atoms with Gasteiger partial charge in [0, 0.05) is 49.6 Å². The van der Waals surface area contributed by atoms with Crippen LogP contribution in [0.25, 0.3) is 11.0 Å². The summed E-state index contributed by atoms with van der Waals surface area (Å²) in [5, 5.41) is 0. The summed E-state index contributed by atoms with van der Waals surface area (Å²) in [4.78, 5) is 52.5. The van der Waals surface area contributed by atoms with Crippen molar-refractivity contribution in [3.8, 4) is 5.75 Å². The summed E-state index contributed by atoms with van der Waals surface area (Å²) in [5.74, 6) is 0.157. The summed E-state index contributed by atoms with van der Waals surface area (Å²) in [6, 6.07) is 12.0. The van der Waals surface area contributed by atoms with Crippen LogP contribution in [0.5, 0.6) is 5.75 Å². The molecule has 1 aromatic carbocycles. The van der Waals surface area contributed by atoms with E-state index in [9.17, 15) is 14.4 Å². The number of amides is 1. The van der Waals surface area contributed by atoms with Crippen molar-refractivity contribution >= 4 is 22.9 Å². The number of aromatic nitrogens is 4. The summed E-state index contributed by atoms with van der Waals surface area (Å²) < 4.78 is 12.4. The lowest BCUT2D eigenvalue weighted by Gasteiger charge is -2.20. The first kappa shape index (κ1) is 23.3. The van der Waals surface area contributed by atoms with Gasteiger partial charge in [-0.05, 0) is 37.3 Å². The summed E-state index contributed by atoms with van der Waals surface area (Å²) >= 11 is 0. The lowest BCUT2D eigenvalue weighted by atomic mass is 10.1. The Morgan fingerprint density at radius 3 is 2.75 bits per heavy atom. The van der Waals surface area contributed by atoms with E-state index >= 15 is 0 Å². The predicted molar refractivity (Wildman–Crippen MR) is 131 cm³/mol. The molecule has 1 N–H and O–H groups in total. The molecule has 5 rings (SSSR count). The van der Waals surface area contributed by atoms with Crippen LogP contribution in [0, 0.1) is 6.92 Å². The van der Waals surface area contributed by atoms with Crippen LogP contribution in [-0.4, -0.2) is 56.5 Å². The van der Waals surface area contributed by atoms with Gasteiger partial charge in [0.25, 0.3) is 11.5 Å². The minimum absolute atomic E-state index is 0.0912. The second-order valence-electron chi connectivity index (χ2n) is 8.52. The van der Waals surface area contributed by atoms with E-state index in [1.54, 1.807) is 35.4 Å². The minimum atomic E-state index is -0.602. The molecule has 0 atom stereocenters. The van der Waals surface area contributed by atoms with E-state index in [-0.39, 0.29) is 42.4 Å². The number of hydrogen-bond donors (Lipinski definition) is 1. The molecule has 1 aliphatic heterocycles. The number of methoxy groups -OCH3 is 1. The van der Waals surface area contributed by atoms with Gasteiger partial charge in [-0.1, -0.05) is 6.07 Å². The molecular formula is C26H25N5O5. The molecule has 10 nitrogen and oxygen atoms in total. The van der Waals surface area contributed by atoms with E-state index in [0.29, 0.717) is 30.0 Å². The average molecular weight is 488 g/mol. The molecule has 1 amide bonds. The number of rotatable bonds is 5. The SMILES string of the molecule is COC(=O)c1c(OCc2ccccn2)cc(=O)n2c1CCN(C(=O)c1ccc3nc(C)[nH]c3c1)CC2. The van der Waals surface area contributed by atoms with Crippen molar-refractivity contribution in [2.45, 2.75) is 26.5 Å². The fourth-order valence-electron chi connectivity index (χ4n) is 4.48. The van der Waals surface area contributed by atoms with E-state index < -0.39 is 5.97 Å². The Kier molecular flexibility index (Phi) is 6.24. The largest absolute Gasteiger partial charge is 0.486 e. The van der Waals surface area contributed by atoms with Gasteiger partial charge in [-0.25, -0.2) is 9.78 Å². The van der Waals surface area contributed by atoms with Gasteiger partial charge in [-0.3, -0.25) is 14.6 Å². The first-order chi connectivity index (χ1) is 17.4. The topological polar surface area (TPSA) is 119 Å². The van der Waals surface area contributed by atoms with Gasteiger partial charge >= 0.3 is 5.97 Å². The number of carbonyl (C=O) groups excluding carboxylic acids is 2. The molecule has 0 unspecified atom stereocenters. The van der Waals surface area contributed by atoms with Crippen LogP contribution < -0.4 is 10.3 Å². The number of aryl methyl sites for hydroxylation is 1. The maximum absolute atomic E-state index is 13.3. The van der Waals surface area contributed by atoms with Crippen molar-refractivity contribution in [1.29, 1.82) is 0 Å². The lowest BCUT2D eigenvalue weighted by Crippen LogP contribution is -2.34. The van der Waals surface area contributed by atoms with Crippen molar-refractivity contribution in [2.75, 3.05) is 20.2 Å². The van der Waals surface area contributed by atoms with E-state index in [4.69, 9.17) is 9.47 Å². The fourth-order valence-corrected chi connectivity index (χ4v) is 4.48. The highest BCUT2D eigenvalue weighted by molar-refractivity contribution is 5.97. The normalized spacial score (nSPS) is 13.2. The second kappa shape index (κ2) is 9.65. The first-order valence-corrected chi connectivity index (χ1v) is 11.6. The van der Waals surface area contributed by atoms with E-state index in [1.165, 1.54) is 17.7 Å². The molecule has 0 spiro atoms. The lowest BCUT2D eigenvalue weighted by molar-refractivity contribution is 0.0592. The Hall–Kier alpha value is -4.47. The zero-order valence-corrected chi connectivity index (χ0v) is 20.0. The molecule has 1 aliphatic rings. The van der Waals surface area contributed by atoms with Gasteiger partial charge in [0.05, 0.1) is 23.8 Å². The Balaban J connectivity index is 1.43. The second-order valence-corrected chi connectivity index (χ2v) is 8.52. The fraction of sp³-hybridized carbons (Fsp3) is 0.269. The van der Waals surface area contributed by atoms with Crippen molar-refractivity contribution in [3.05, 3.63) is 87.4 Å². The highest BCUT2D eigenvalue weighted by atomic mass is 16.5. The average Bonchev–Trinajstić information content (AvgIpc) is 3.12. The number of fused-ring (bicyclic) bond motifs is 2. The van der Waals surface area contributed by atoms with Crippen molar-refractivity contribution in [2.24, 2.45) is 0 Å². The zero-order chi connectivity index (χ0) is 25.2. The predicted octanol–water partition coefficient (Wildman–Crippen LogP) is 2.49. The van der Waals surface area contributed by atoms with E-state index in [0.717, 1.165) is 16.9 Å². The van der Waals surface area contributed by atoms with Crippen LogP contribution >= 0.6 is 0 Å². The molecule has 4 aromatic rings. The standard InChI is InChI=1S/C26H25N5O5/c1-16-28-19-7-6-17(13-20(19)29-16)25(33)30-10-8-21-24(26(34)35-2)22(14-23(32)31(21)12-11-30)36-15-18-5-3-4-9-27-18/h3-7,9,13-14H,8,10-12,15H2,1-2H3,(H,28,29). The highest BCUT2D eigenvalue weighted by Crippen LogP contribution is 2.25. The van der Waals surface area contributed by atoms with E-state index in [1.807, 2.05) is 19.1 Å². The third-order valence-corrected chi connectivity index (χ3v) is 6.22. The molecule has 10 heteroatoms. The molecule has 0 saturated heterocycles. The Morgan fingerprint density at radius 1 is 1.11 bits per heavy atom. The molecule has 184 valence electrons. The van der Waals surface area contributed by atoms with Crippen LogP contribution in [0.2, 0.25) is 0 Å². The van der Waals surface area contributed by atoms with Gasteiger partial charge in [0.15, 0.2) is 0 Å². The Morgan fingerprint density at radius 2 is 1.97 bits per heavy atom. The van der Waals surface area contributed by atoms with Crippen molar-refractivity contribution in [3.63, 3.8) is 0 Å². The number of hydrogen-bond acceptors (Lipinski definition) is 7. The Bertz CT molecular complexity index is 1510. The molecule has 0 saturated carbocycles. The first-order valence-electron chi connectivity index (χ1n) is 11.6. The number of esters is 1. The quantitative estimate of drug-likeness (QED) is 0.430. The number of aromatic amines is 1. The van der Waals surface area contributed by atoms with Crippen LogP contribution in [0.15, 0.2) is 53.5 Å². The molecule has 36 heavy (non-hydrogen) atoms. The Labute approximate surface area is 206 Å². The molecule has 0 bridgehead atoms. The molecule has 0 aliphatic carbocycles. The molecule has 3 aromatic heterocycles. The van der Waals surface area contributed by atoms with Crippen molar-refractivity contribution < 1.29 is 19.1 Å². The van der Waals surface area contributed by atoms with Crippen LogP contribution in [0.1, 0.15) is 37.9 Å². The number of pyridine rings is 2. The maximum atomic E-state index is 13.3. The van der Waals surface area contributed by atoms with E-state index in [2.05, 4.69) is 15.0 Å². The van der Waals surface area contributed by atoms with Crippen LogP contribution in [0.4, 0.5) is 0 Å². The summed E-state index contributed by atoms with van der Waals surface area (Å²) in [5.41, 5.74) is 3.13. The highest BCUT2D eigenvalue weighted by Gasteiger charge is 2.28. The molecular weight excluding hydrogens is 462 g/mol. The van der Waals surface area contributed by atoms with Crippen LogP contribution in [0.3, 0.4) is 0 Å². The molecule has 0 fully saturated rings. The van der Waals surface area contributed by atoms with Gasteiger partial charge in [-0.15, -0.1) is 0 Å². The molecule has 4 heterocycles. The van der Waals surface area contributed by atoms with Gasteiger partial charge in [0.1, 0.15) is 23.7 Å². The van der Waals surface area contributed by atoms with Gasteiger partial charge < -0.3 is 23.9 Å². The third kappa shape index (κ3) is 4.45. The van der Waals surface area contributed by atoms with Crippen LogP contribution in [-0.2, 0) is 24.3 Å². The summed E-state index contributed by atoms with van der Waals surface area (Å²) in [6.45, 7) is 2.84. The summed E-state index contributed by atoms with van der Waals surface area (Å²) in [6.07, 6.45) is 1.93. The van der Waals surface area contributed by atoms with Gasteiger partial charge in [-0.2, -0.15) is 0 Å². The van der Waals surface area contributed by atoms with Crippen molar-refractivity contribution in [1.82, 2.24) is 24.4 Å². The number of imidazole rings is 1. The third-order valence-electron chi connectivity index (χ3n) is 6.22.